The number of carbonyl (C=O) groups is 1. The van der Waals surface area contributed by atoms with Crippen molar-refractivity contribution in [2.45, 2.75) is 19.0 Å². The number of aromatic nitrogens is 5. The largest absolute Gasteiger partial charge is 0.453 e. The predicted octanol–water partition coefficient (Wildman–Crippen LogP) is 5.90. The first-order valence-corrected chi connectivity index (χ1v) is 12.4. The van der Waals surface area contributed by atoms with Gasteiger partial charge in [-0.3, -0.25) is 9.36 Å². The van der Waals surface area contributed by atoms with Gasteiger partial charge in [0.05, 0.1) is 16.8 Å². The van der Waals surface area contributed by atoms with Gasteiger partial charge in [0.15, 0.2) is 10.9 Å². The normalized spacial score (nSPS) is 11.4. The average Bonchev–Trinajstić information content (AvgIpc) is 3.58. The van der Waals surface area contributed by atoms with E-state index in [-0.39, 0.29) is 11.7 Å². The number of para-hydroxylation sites is 1. The third-order valence-electron chi connectivity index (χ3n) is 5.79. The fourth-order valence-corrected chi connectivity index (χ4v) is 4.84. The molecule has 3 heterocycles. The summed E-state index contributed by atoms with van der Waals surface area (Å²) in [6.07, 6.45) is 0. The molecule has 1 amide bonds. The summed E-state index contributed by atoms with van der Waals surface area (Å²) in [5, 5.41) is 13.4. The summed E-state index contributed by atoms with van der Waals surface area (Å²) in [5.74, 6) is 2.06. The second kappa shape index (κ2) is 9.01. The lowest BCUT2D eigenvalue weighted by molar-refractivity contribution is -0.113. The zero-order valence-electron chi connectivity index (χ0n) is 19.6. The molecule has 0 saturated carbocycles. The van der Waals surface area contributed by atoms with E-state index < -0.39 is 0 Å². The van der Waals surface area contributed by atoms with Crippen LogP contribution in [0.2, 0.25) is 0 Å². The fourth-order valence-electron chi connectivity index (χ4n) is 4.08. The van der Waals surface area contributed by atoms with Crippen LogP contribution in [0.1, 0.15) is 11.4 Å². The number of rotatable bonds is 6. The number of aryl methyl sites for hydroxylation is 2. The summed E-state index contributed by atoms with van der Waals surface area (Å²) in [7, 11) is 0. The first-order valence-electron chi connectivity index (χ1n) is 11.4. The zero-order chi connectivity index (χ0) is 24.6. The van der Waals surface area contributed by atoms with Crippen molar-refractivity contribution < 1.29 is 9.21 Å². The number of nitrogens with one attached hydrogen (secondary N) is 2. The Morgan fingerprint density at radius 3 is 2.69 bits per heavy atom. The lowest BCUT2D eigenvalue weighted by atomic mass is 10.2. The molecule has 0 atom stereocenters. The summed E-state index contributed by atoms with van der Waals surface area (Å²) < 4.78 is 8.00. The van der Waals surface area contributed by atoms with E-state index in [0.29, 0.717) is 22.4 Å². The van der Waals surface area contributed by atoms with Crippen molar-refractivity contribution in [1.82, 2.24) is 24.7 Å². The number of aromatic amines is 1. The number of carbonyl (C=O) groups excluding carboxylic acids is 1. The first kappa shape index (κ1) is 22.1. The number of imidazole rings is 1. The molecular formula is C27H22N6O2S. The van der Waals surface area contributed by atoms with E-state index in [4.69, 9.17) is 4.42 Å². The smallest absolute Gasteiger partial charge is 0.234 e. The summed E-state index contributed by atoms with van der Waals surface area (Å²) in [5.41, 5.74) is 5.28. The Bertz CT molecular complexity index is 1680. The van der Waals surface area contributed by atoms with E-state index in [1.807, 2.05) is 91.2 Å². The van der Waals surface area contributed by atoms with Crippen LogP contribution in [-0.4, -0.2) is 36.4 Å². The number of benzene rings is 3. The number of thioether (sulfide) groups is 1. The molecule has 36 heavy (non-hydrogen) atoms. The molecular weight excluding hydrogens is 472 g/mol. The van der Waals surface area contributed by atoms with E-state index in [2.05, 4.69) is 25.5 Å². The molecule has 9 heteroatoms. The fraction of sp³-hybridized carbons (Fsp3) is 0.111. The van der Waals surface area contributed by atoms with Gasteiger partial charge in [-0.25, -0.2) is 4.98 Å². The third kappa shape index (κ3) is 4.25. The molecule has 0 spiro atoms. The topological polar surface area (TPSA) is 102 Å². The van der Waals surface area contributed by atoms with E-state index >= 15 is 0 Å². The van der Waals surface area contributed by atoms with Crippen molar-refractivity contribution in [2.24, 2.45) is 0 Å². The highest BCUT2D eigenvalue weighted by atomic mass is 32.2. The molecule has 3 aromatic carbocycles. The van der Waals surface area contributed by atoms with Crippen LogP contribution in [0.3, 0.4) is 0 Å². The van der Waals surface area contributed by atoms with Crippen molar-refractivity contribution in [1.29, 1.82) is 0 Å². The Labute approximate surface area is 210 Å². The van der Waals surface area contributed by atoms with Crippen molar-refractivity contribution >= 4 is 45.4 Å². The van der Waals surface area contributed by atoms with Gasteiger partial charge >= 0.3 is 0 Å². The van der Waals surface area contributed by atoms with Crippen LogP contribution in [0.4, 0.5) is 5.69 Å². The maximum Gasteiger partial charge on any atom is 0.234 e. The average molecular weight is 495 g/mol. The summed E-state index contributed by atoms with van der Waals surface area (Å²) in [4.78, 5) is 20.4. The molecule has 6 rings (SSSR count). The van der Waals surface area contributed by atoms with Crippen molar-refractivity contribution in [3.63, 3.8) is 0 Å². The molecule has 0 fully saturated rings. The molecule has 0 bridgehead atoms. The highest BCUT2D eigenvalue weighted by Crippen LogP contribution is 2.32. The van der Waals surface area contributed by atoms with E-state index in [1.165, 1.54) is 11.8 Å². The highest BCUT2D eigenvalue weighted by molar-refractivity contribution is 7.99. The molecule has 6 aromatic rings. The number of H-pyrrole nitrogens is 1. The third-order valence-corrected chi connectivity index (χ3v) is 6.72. The number of amides is 1. The molecule has 0 unspecified atom stereocenters. The number of nitrogens with zero attached hydrogens (tertiary/aromatic N) is 4. The van der Waals surface area contributed by atoms with Gasteiger partial charge in [-0.2, -0.15) is 0 Å². The Morgan fingerprint density at radius 1 is 1.03 bits per heavy atom. The van der Waals surface area contributed by atoms with Gasteiger partial charge in [-0.1, -0.05) is 47.7 Å². The van der Waals surface area contributed by atoms with Gasteiger partial charge in [0.1, 0.15) is 11.4 Å². The van der Waals surface area contributed by atoms with Crippen LogP contribution in [0.25, 0.3) is 39.3 Å². The summed E-state index contributed by atoms with van der Waals surface area (Å²) >= 11 is 1.32. The standard InChI is InChI=1S/C27H22N6O2S/c1-16-7-10-20(11-8-16)33-26(24-13-18-5-3-4-6-23(18)35-24)31-32-27(33)36-15-25(34)30-19-9-12-21-22(14-19)29-17(2)28-21/h3-14H,15H2,1-2H3,(H,28,29)(H,30,34). The van der Waals surface area contributed by atoms with Crippen molar-refractivity contribution in [2.75, 3.05) is 11.1 Å². The molecule has 0 aliphatic rings. The molecule has 178 valence electrons. The van der Waals surface area contributed by atoms with Crippen LogP contribution in [0.5, 0.6) is 0 Å². The quantitative estimate of drug-likeness (QED) is 0.279. The summed E-state index contributed by atoms with van der Waals surface area (Å²) in [6, 6.07) is 23.5. The lowest BCUT2D eigenvalue weighted by Gasteiger charge is -2.10. The van der Waals surface area contributed by atoms with Crippen LogP contribution in [0, 0.1) is 13.8 Å². The van der Waals surface area contributed by atoms with Crippen molar-refractivity contribution in [3.05, 3.63) is 84.2 Å². The monoisotopic (exact) mass is 494 g/mol. The molecule has 0 radical (unpaired) electrons. The minimum Gasteiger partial charge on any atom is -0.453 e. The first-order chi connectivity index (χ1) is 17.5. The van der Waals surface area contributed by atoms with Gasteiger partial charge in [-0.15, -0.1) is 10.2 Å². The number of hydrogen-bond donors (Lipinski definition) is 2. The highest BCUT2D eigenvalue weighted by Gasteiger charge is 2.20. The molecule has 3 aromatic heterocycles. The number of anilines is 1. The van der Waals surface area contributed by atoms with E-state index in [0.717, 1.165) is 39.1 Å². The van der Waals surface area contributed by atoms with E-state index in [1.54, 1.807) is 0 Å². The minimum absolute atomic E-state index is 0.140. The van der Waals surface area contributed by atoms with Crippen LogP contribution in [0.15, 0.2) is 82.4 Å². The van der Waals surface area contributed by atoms with Gasteiger partial charge in [0.2, 0.25) is 11.7 Å². The Balaban J connectivity index is 1.28. The molecule has 0 aliphatic heterocycles. The molecule has 8 nitrogen and oxygen atoms in total. The zero-order valence-corrected chi connectivity index (χ0v) is 20.5. The van der Waals surface area contributed by atoms with Crippen LogP contribution < -0.4 is 5.32 Å². The maximum atomic E-state index is 12.8. The van der Waals surface area contributed by atoms with Crippen LogP contribution >= 0.6 is 11.8 Å². The lowest BCUT2D eigenvalue weighted by Crippen LogP contribution is -2.14. The van der Waals surface area contributed by atoms with E-state index in [9.17, 15) is 4.79 Å². The predicted molar refractivity (Wildman–Crippen MR) is 141 cm³/mol. The minimum atomic E-state index is -0.140. The van der Waals surface area contributed by atoms with Gasteiger partial charge < -0.3 is 14.7 Å². The Morgan fingerprint density at radius 2 is 1.86 bits per heavy atom. The molecule has 2 N–H and O–H groups in total. The number of fused-ring (bicyclic) bond motifs is 2. The Hall–Kier alpha value is -4.37. The SMILES string of the molecule is Cc1ccc(-n2c(SCC(=O)Nc3ccc4nc(C)[nH]c4c3)nnc2-c2cc3ccccc3o2)cc1. The van der Waals surface area contributed by atoms with Crippen LogP contribution in [-0.2, 0) is 4.79 Å². The van der Waals surface area contributed by atoms with Gasteiger partial charge in [-0.05, 0) is 56.3 Å². The summed E-state index contributed by atoms with van der Waals surface area (Å²) in [6.45, 7) is 3.94. The van der Waals surface area contributed by atoms with Gasteiger partial charge in [0.25, 0.3) is 0 Å². The van der Waals surface area contributed by atoms with Crippen molar-refractivity contribution in [3.8, 4) is 17.3 Å². The number of furan rings is 1. The number of hydrogen-bond acceptors (Lipinski definition) is 6. The molecule has 0 saturated heterocycles. The molecule has 0 aliphatic carbocycles. The second-order valence-electron chi connectivity index (χ2n) is 8.52. The second-order valence-corrected chi connectivity index (χ2v) is 9.46. The maximum absolute atomic E-state index is 12.8. The Kier molecular flexibility index (Phi) is 5.54. The van der Waals surface area contributed by atoms with Gasteiger partial charge in [0, 0.05) is 16.8 Å².